The van der Waals surface area contributed by atoms with E-state index >= 15 is 0 Å². The van der Waals surface area contributed by atoms with Crippen molar-refractivity contribution < 1.29 is 32.2 Å². The number of benzene rings is 2. The molecule has 2 aromatic carbocycles. The van der Waals surface area contributed by atoms with E-state index in [1.807, 2.05) is 26.8 Å². The smallest absolute Gasteiger partial charge is 0.468 e. The molecule has 0 bridgehead atoms. The van der Waals surface area contributed by atoms with Gasteiger partial charge in [-0.15, -0.1) is 13.2 Å². The summed E-state index contributed by atoms with van der Waals surface area (Å²) in [5.41, 5.74) is 0.521. The summed E-state index contributed by atoms with van der Waals surface area (Å²) in [6, 6.07) is 12.7. The average Bonchev–Trinajstić information content (AvgIpc) is 3.09. The van der Waals surface area contributed by atoms with Crippen molar-refractivity contribution >= 4 is 22.8 Å². The molecule has 35 heavy (non-hydrogen) atoms. The zero-order valence-corrected chi connectivity index (χ0v) is 20.5. The summed E-state index contributed by atoms with van der Waals surface area (Å²) in [5, 5.41) is 3.64. The second-order valence-corrected chi connectivity index (χ2v) is 9.84. The van der Waals surface area contributed by atoms with Crippen molar-refractivity contribution in [2.45, 2.75) is 58.5 Å². The standard InChI is InChI=1S/C26H29F3N2O4/c1-24(2,3)30-23(33)25(4,5)17-11-12-19-16(13-17)14-20(31(19)15-22(32)34-6)18-9-7-8-10-21(18)35-26(27,28)29/h7-14H,15H2,1-6H3,(H,30,33). The Morgan fingerprint density at radius 3 is 2.23 bits per heavy atom. The number of nitrogens with zero attached hydrogens (tertiary/aromatic N) is 1. The molecule has 1 N–H and O–H groups in total. The third-order valence-electron chi connectivity index (χ3n) is 5.58. The molecule has 0 aliphatic carbocycles. The van der Waals surface area contributed by atoms with Gasteiger partial charge in [-0.25, -0.2) is 0 Å². The van der Waals surface area contributed by atoms with Crippen LogP contribution in [0.2, 0.25) is 0 Å². The van der Waals surface area contributed by atoms with Gasteiger partial charge in [0.1, 0.15) is 12.3 Å². The molecule has 0 aliphatic rings. The van der Waals surface area contributed by atoms with Gasteiger partial charge in [0.25, 0.3) is 0 Å². The number of alkyl halides is 3. The van der Waals surface area contributed by atoms with E-state index < -0.39 is 23.3 Å². The molecule has 0 atom stereocenters. The summed E-state index contributed by atoms with van der Waals surface area (Å²) in [6.07, 6.45) is -4.88. The molecule has 3 rings (SSSR count). The van der Waals surface area contributed by atoms with Crippen molar-refractivity contribution in [3.8, 4) is 17.0 Å². The van der Waals surface area contributed by atoms with Gasteiger partial charge >= 0.3 is 12.3 Å². The minimum atomic E-state index is -4.88. The number of methoxy groups -OCH3 is 1. The van der Waals surface area contributed by atoms with Crippen LogP contribution in [0, 0.1) is 0 Å². The molecular weight excluding hydrogens is 461 g/mol. The number of hydrogen-bond donors (Lipinski definition) is 1. The fraction of sp³-hybridized carbons (Fsp3) is 0.385. The van der Waals surface area contributed by atoms with E-state index in [1.165, 1.54) is 25.3 Å². The molecule has 0 aliphatic heterocycles. The number of fused-ring (bicyclic) bond motifs is 1. The van der Waals surface area contributed by atoms with Crippen LogP contribution in [0.3, 0.4) is 0 Å². The number of aromatic nitrogens is 1. The number of amides is 1. The Hall–Kier alpha value is -3.49. The predicted octanol–water partition coefficient (Wildman–Crippen LogP) is 5.57. The van der Waals surface area contributed by atoms with Gasteiger partial charge in [0, 0.05) is 22.0 Å². The molecule has 0 unspecified atom stereocenters. The first-order valence-electron chi connectivity index (χ1n) is 11.0. The first kappa shape index (κ1) is 26.1. The molecular formula is C26H29F3N2O4. The maximum Gasteiger partial charge on any atom is 0.573 e. The molecule has 0 radical (unpaired) electrons. The van der Waals surface area contributed by atoms with Gasteiger partial charge in [0.05, 0.1) is 18.2 Å². The van der Waals surface area contributed by atoms with E-state index in [0.29, 0.717) is 22.2 Å². The maximum absolute atomic E-state index is 13.0. The highest BCUT2D eigenvalue weighted by Crippen LogP contribution is 2.38. The molecule has 0 spiro atoms. The van der Waals surface area contributed by atoms with Crippen LogP contribution in [0.1, 0.15) is 40.2 Å². The highest BCUT2D eigenvalue weighted by Gasteiger charge is 2.34. The number of para-hydroxylation sites is 1. The van der Waals surface area contributed by atoms with Crippen molar-refractivity contribution in [3.05, 3.63) is 54.1 Å². The molecule has 0 saturated heterocycles. The minimum Gasteiger partial charge on any atom is -0.468 e. The van der Waals surface area contributed by atoms with Crippen molar-refractivity contribution in [1.82, 2.24) is 9.88 Å². The zero-order chi connectivity index (χ0) is 26.2. The van der Waals surface area contributed by atoms with Crippen molar-refractivity contribution in [1.29, 1.82) is 0 Å². The largest absolute Gasteiger partial charge is 0.573 e. The lowest BCUT2D eigenvalue weighted by atomic mass is 9.82. The quantitative estimate of drug-likeness (QED) is 0.459. The predicted molar refractivity (Wildman–Crippen MR) is 127 cm³/mol. The van der Waals surface area contributed by atoms with Crippen molar-refractivity contribution in [2.24, 2.45) is 0 Å². The van der Waals surface area contributed by atoms with E-state index in [2.05, 4.69) is 10.1 Å². The highest BCUT2D eigenvalue weighted by atomic mass is 19.4. The molecule has 1 heterocycles. The lowest BCUT2D eigenvalue weighted by Crippen LogP contribution is -2.48. The number of ether oxygens (including phenoxy) is 2. The molecule has 6 nitrogen and oxygen atoms in total. The topological polar surface area (TPSA) is 69.6 Å². The molecule has 1 amide bonds. The summed E-state index contributed by atoms with van der Waals surface area (Å²) >= 11 is 0. The summed E-state index contributed by atoms with van der Waals surface area (Å²) in [7, 11) is 1.24. The van der Waals surface area contributed by atoms with Gasteiger partial charge in [-0.1, -0.05) is 18.2 Å². The van der Waals surface area contributed by atoms with Crippen molar-refractivity contribution in [2.75, 3.05) is 7.11 Å². The number of carbonyl (C=O) groups is 2. The van der Waals surface area contributed by atoms with Gasteiger partial charge in [-0.3, -0.25) is 9.59 Å². The summed E-state index contributed by atoms with van der Waals surface area (Å²) in [4.78, 5) is 25.1. The number of rotatable bonds is 6. The minimum absolute atomic E-state index is 0.163. The summed E-state index contributed by atoms with van der Waals surface area (Å²) in [6.45, 7) is 9.06. The van der Waals surface area contributed by atoms with Crippen LogP contribution < -0.4 is 10.1 Å². The lowest BCUT2D eigenvalue weighted by molar-refractivity contribution is -0.274. The van der Waals surface area contributed by atoms with E-state index in [-0.39, 0.29) is 23.8 Å². The Bertz CT molecular complexity index is 1250. The molecule has 9 heteroatoms. The van der Waals surface area contributed by atoms with Crippen LogP contribution in [0.25, 0.3) is 22.2 Å². The number of hydrogen-bond acceptors (Lipinski definition) is 4. The maximum atomic E-state index is 13.0. The van der Waals surface area contributed by atoms with E-state index in [9.17, 15) is 22.8 Å². The van der Waals surface area contributed by atoms with Gasteiger partial charge in [-0.2, -0.15) is 0 Å². The van der Waals surface area contributed by atoms with E-state index in [4.69, 9.17) is 4.74 Å². The second kappa shape index (κ2) is 9.28. The first-order valence-corrected chi connectivity index (χ1v) is 11.0. The third kappa shape index (κ3) is 5.96. The molecule has 0 fully saturated rings. The Morgan fingerprint density at radius 1 is 0.971 bits per heavy atom. The second-order valence-electron chi connectivity index (χ2n) is 9.84. The number of esters is 1. The van der Waals surface area contributed by atoms with Crippen LogP contribution >= 0.6 is 0 Å². The van der Waals surface area contributed by atoms with Crippen LogP contribution in [0.5, 0.6) is 5.75 Å². The highest BCUT2D eigenvalue weighted by molar-refractivity contribution is 5.93. The number of carbonyl (C=O) groups excluding carboxylic acids is 2. The van der Waals surface area contributed by atoms with Crippen LogP contribution in [-0.2, 0) is 26.3 Å². The Labute approximate surface area is 202 Å². The Morgan fingerprint density at radius 2 is 1.63 bits per heavy atom. The number of halogens is 3. The molecule has 0 saturated carbocycles. The van der Waals surface area contributed by atoms with Crippen LogP contribution in [-0.4, -0.2) is 35.5 Å². The van der Waals surface area contributed by atoms with Crippen molar-refractivity contribution in [3.63, 3.8) is 0 Å². The fourth-order valence-corrected chi connectivity index (χ4v) is 3.77. The number of nitrogens with one attached hydrogen (secondary N) is 1. The normalized spacial score (nSPS) is 12.5. The van der Waals surface area contributed by atoms with E-state index in [0.717, 1.165) is 0 Å². The summed E-state index contributed by atoms with van der Waals surface area (Å²) in [5.74, 6) is -1.12. The zero-order valence-electron chi connectivity index (χ0n) is 20.5. The summed E-state index contributed by atoms with van der Waals surface area (Å²) < 4.78 is 49.8. The molecule has 188 valence electrons. The Kier molecular flexibility index (Phi) is 6.93. The average molecular weight is 491 g/mol. The third-order valence-corrected chi connectivity index (χ3v) is 5.58. The SMILES string of the molecule is COC(=O)Cn1c(-c2ccccc2OC(F)(F)F)cc2cc(C(C)(C)C(=O)NC(C)(C)C)ccc21. The molecule has 3 aromatic rings. The Balaban J connectivity index is 2.18. The lowest BCUT2D eigenvalue weighted by Gasteiger charge is -2.30. The monoisotopic (exact) mass is 490 g/mol. The van der Waals surface area contributed by atoms with Gasteiger partial charge < -0.3 is 19.4 Å². The van der Waals surface area contributed by atoms with Gasteiger partial charge in [-0.05, 0) is 70.5 Å². The van der Waals surface area contributed by atoms with Gasteiger partial charge in [0.15, 0.2) is 0 Å². The van der Waals surface area contributed by atoms with E-state index in [1.54, 1.807) is 42.7 Å². The van der Waals surface area contributed by atoms with Gasteiger partial charge in [0.2, 0.25) is 5.91 Å². The first-order chi connectivity index (χ1) is 16.1. The van der Waals surface area contributed by atoms with Crippen LogP contribution in [0.4, 0.5) is 13.2 Å². The molecule has 1 aromatic heterocycles. The van der Waals surface area contributed by atoms with Crippen LogP contribution in [0.15, 0.2) is 48.5 Å². The fourth-order valence-electron chi connectivity index (χ4n) is 3.77.